The zero-order valence-corrected chi connectivity index (χ0v) is 14.0. The van der Waals surface area contributed by atoms with E-state index >= 15 is 0 Å². The summed E-state index contributed by atoms with van der Waals surface area (Å²) in [6.45, 7) is 5.71. The van der Waals surface area contributed by atoms with Crippen LogP contribution in [-0.2, 0) is 31.8 Å². The van der Waals surface area contributed by atoms with E-state index in [2.05, 4.69) is 0 Å². The number of rotatable bonds is 8. The summed E-state index contributed by atoms with van der Waals surface area (Å²) >= 11 is 0. The van der Waals surface area contributed by atoms with Gasteiger partial charge in [-0.2, -0.15) is 0 Å². The van der Waals surface area contributed by atoms with E-state index in [1.54, 1.807) is 12.1 Å². The molecule has 3 rings (SSSR count). The monoisotopic (exact) mass is 334 g/mol. The van der Waals surface area contributed by atoms with Gasteiger partial charge in [0.1, 0.15) is 25.4 Å². The van der Waals surface area contributed by atoms with E-state index in [-0.39, 0.29) is 37.4 Å². The summed E-state index contributed by atoms with van der Waals surface area (Å²) in [6, 6.07) is 3.50. The Balaban J connectivity index is 1.78. The van der Waals surface area contributed by atoms with Crippen molar-refractivity contribution in [1.29, 1.82) is 0 Å². The number of benzene rings is 1. The Bertz CT molecular complexity index is 575. The van der Waals surface area contributed by atoms with Gasteiger partial charge in [-0.25, -0.2) is 9.59 Å². The summed E-state index contributed by atoms with van der Waals surface area (Å²) < 4.78 is 20.7. The van der Waals surface area contributed by atoms with Gasteiger partial charge in [0, 0.05) is 0 Å². The molecule has 2 heterocycles. The van der Waals surface area contributed by atoms with Crippen molar-refractivity contribution >= 4 is 11.9 Å². The molecule has 0 N–H and O–H groups in total. The highest BCUT2D eigenvalue weighted by Gasteiger charge is 2.27. The van der Waals surface area contributed by atoms with E-state index in [1.165, 1.54) is 0 Å². The van der Waals surface area contributed by atoms with Crippen LogP contribution in [0.2, 0.25) is 0 Å². The average Bonchev–Trinajstić information content (AvgIpc) is 3.49. The first kappa shape index (κ1) is 16.9. The lowest BCUT2D eigenvalue weighted by Gasteiger charge is -2.14. The molecule has 2 aliphatic heterocycles. The van der Waals surface area contributed by atoms with Crippen molar-refractivity contribution in [3.8, 4) is 0 Å². The molecule has 1 aromatic rings. The van der Waals surface area contributed by atoms with E-state index in [4.69, 9.17) is 18.9 Å². The van der Waals surface area contributed by atoms with Crippen LogP contribution in [-0.4, -0.2) is 50.6 Å². The molecule has 2 unspecified atom stereocenters. The minimum atomic E-state index is -0.372. The number of ether oxygens (including phenoxy) is 4. The van der Waals surface area contributed by atoms with Gasteiger partial charge in [0.2, 0.25) is 0 Å². The van der Waals surface area contributed by atoms with Crippen molar-refractivity contribution in [2.24, 2.45) is 0 Å². The molecule has 2 aliphatic rings. The minimum Gasteiger partial charge on any atom is -0.459 e. The molecule has 0 aliphatic carbocycles. The summed E-state index contributed by atoms with van der Waals surface area (Å²) in [5.74, 6) is -0.744. The smallest absolute Gasteiger partial charge is 0.338 e. The fourth-order valence-electron chi connectivity index (χ4n) is 2.48. The molecule has 130 valence electrons. The third kappa shape index (κ3) is 4.13. The van der Waals surface area contributed by atoms with Gasteiger partial charge in [0.25, 0.3) is 0 Å². The first-order valence-electron chi connectivity index (χ1n) is 8.35. The molecule has 2 saturated heterocycles. The van der Waals surface area contributed by atoms with Gasteiger partial charge in [-0.05, 0) is 36.1 Å². The van der Waals surface area contributed by atoms with Crippen molar-refractivity contribution in [3.63, 3.8) is 0 Å². The van der Waals surface area contributed by atoms with E-state index < -0.39 is 0 Å². The highest BCUT2D eigenvalue weighted by atomic mass is 16.6. The number of hydrogen-bond donors (Lipinski definition) is 0. The number of hydrogen-bond acceptors (Lipinski definition) is 6. The Hall–Kier alpha value is -1.92. The summed E-state index contributed by atoms with van der Waals surface area (Å²) in [5, 5.41) is 0. The lowest BCUT2D eigenvalue weighted by atomic mass is 9.95. The van der Waals surface area contributed by atoms with Crippen molar-refractivity contribution in [3.05, 3.63) is 34.4 Å². The molecule has 0 spiro atoms. The lowest BCUT2D eigenvalue weighted by Crippen LogP contribution is -2.16. The second-order valence-electron chi connectivity index (χ2n) is 5.98. The number of epoxide rings is 2. The van der Waals surface area contributed by atoms with Crippen LogP contribution in [0.25, 0.3) is 0 Å². The van der Waals surface area contributed by atoms with Crippen LogP contribution in [0.4, 0.5) is 0 Å². The lowest BCUT2D eigenvalue weighted by molar-refractivity contribution is 0.0461. The molecule has 24 heavy (non-hydrogen) atoms. The second kappa shape index (κ2) is 7.32. The predicted molar refractivity (Wildman–Crippen MR) is 85.2 cm³/mol. The normalized spacial score (nSPS) is 21.2. The van der Waals surface area contributed by atoms with Gasteiger partial charge in [-0.15, -0.1) is 0 Å². The van der Waals surface area contributed by atoms with Crippen LogP contribution in [0.15, 0.2) is 12.1 Å². The fraction of sp³-hybridized carbons (Fsp3) is 0.556. The molecular weight excluding hydrogens is 312 g/mol. The van der Waals surface area contributed by atoms with E-state index in [1.807, 2.05) is 13.8 Å². The molecule has 1 aromatic carbocycles. The standard InChI is InChI=1S/C18H22O6/c1-3-11-5-16(18(20)24-10-14-8-22-14)12(4-2)6-15(11)17(19)23-9-13-7-21-13/h5-6,13-14H,3-4,7-10H2,1-2H3. The third-order valence-corrected chi connectivity index (χ3v) is 4.14. The van der Waals surface area contributed by atoms with Crippen LogP contribution < -0.4 is 0 Å². The Morgan fingerprint density at radius 3 is 1.58 bits per heavy atom. The maximum absolute atomic E-state index is 12.3. The van der Waals surface area contributed by atoms with Crippen molar-refractivity contribution < 1.29 is 28.5 Å². The van der Waals surface area contributed by atoms with Gasteiger partial charge in [-0.3, -0.25) is 0 Å². The number of esters is 2. The van der Waals surface area contributed by atoms with Crippen molar-refractivity contribution in [2.45, 2.75) is 38.9 Å². The van der Waals surface area contributed by atoms with Crippen LogP contribution >= 0.6 is 0 Å². The van der Waals surface area contributed by atoms with E-state index in [0.29, 0.717) is 37.2 Å². The predicted octanol–water partition coefficient (Wildman–Crippen LogP) is 1.92. The molecule has 6 nitrogen and oxygen atoms in total. The Kier molecular flexibility index (Phi) is 5.16. The molecule has 6 heteroatoms. The van der Waals surface area contributed by atoms with E-state index in [0.717, 1.165) is 11.1 Å². The highest BCUT2D eigenvalue weighted by Crippen LogP contribution is 2.22. The quantitative estimate of drug-likeness (QED) is 0.534. The fourth-order valence-corrected chi connectivity index (χ4v) is 2.48. The van der Waals surface area contributed by atoms with E-state index in [9.17, 15) is 9.59 Å². The van der Waals surface area contributed by atoms with Crippen LogP contribution in [0, 0.1) is 0 Å². The largest absolute Gasteiger partial charge is 0.459 e. The van der Waals surface area contributed by atoms with Crippen molar-refractivity contribution in [2.75, 3.05) is 26.4 Å². The minimum absolute atomic E-state index is 0.0311. The van der Waals surface area contributed by atoms with Gasteiger partial charge >= 0.3 is 11.9 Å². The maximum atomic E-state index is 12.3. The summed E-state index contributed by atoms with van der Waals surface area (Å²) in [4.78, 5) is 24.6. The van der Waals surface area contributed by atoms with Gasteiger partial charge in [0.15, 0.2) is 0 Å². The molecule has 2 atom stereocenters. The molecule has 0 aromatic heterocycles. The van der Waals surface area contributed by atoms with Crippen molar-refractivity contribution in [1.82, 2.24) is 0 Å². The van der Waals surface area contributed by atoms with Crippen LogP contribution in [0.3, 0.4) is 0 Å². The summed E-state index contributed by atoms with van der Waals surface area (Å²) in [7, 11) is 0. The number of carbonyl (C=O) groups is 2. The molecule has 0 saturated carbocycles. The molecular formula is C18H22O6. The molecule has 0 radical (unpaired) electrons. The molecule has 0 amide bonds. The Labute approximate surface area is 141 Å². The number of carbonyl (C=O) groups excluding carboxylic acids is 2. The Morgan fingerprint density at radius 2 is 1.29 bits per heavy atom. The summed E-state index contributed by atoms with van der Waals surface area (Å²) in [6.07, 6.45) is 1.31. The maximum Gasteiger partial charge on any atom is 0.338 e. The zero-order valence-electron chi connectivity index (χ0n) is 14.0. The zero-order chi connectivity index (χ0) is 17.1. The SMILES string of the molecule is CCc1cc(C(=O)OCC2CO2)c(CC)cc1C(=O)OCC1CO1. The van der Waals surface area contributed by atoms with Gasteiger partial charge in [-0.1, -0.05) is 13.8 Å². The third-order valence-electron chi connectivity index (χ3n) is 4.14. The second-order valence-corrected chi connectivity index (χ2v) is 5.98. The molecule has 2 fully saturated rings. The average molecular weight is 334 g/mol. The highest BCUT2D eigenvalue weighted by molar-refractivity contribution is 5.96. The van der Waals surface area contributed by atoms with Gasteiger partial charge in [0.05, 0.1) is 24.3 Å². The van der Waals surface area contributed by atoms with Crippen LogP contribution in [0.1, 0.15) is 45.7 Å². The number of aryl methyl sites for hydroxylation is 2. The first-order chi connectivity index (χ1) is 11.6. The topological polar surface area (TPSA) is 77.7 Å². The van der Waals surface area contributed by atoms with Crippen LogP contribution in [0.5, 0.6) is 0 Å². The first-order valence-corrected chi connectivity index (χ1v) is 8.35. The Morgan fingerprint density at radius 1 is 0.917 bits per heavy atom. The summed E-state index contributed by atoms with van der Waals surface area (Å²) in [5.41, 5.74) is 2.58. The molecule has 0 bridgehead atoms. The van der Waals surface area contributed by atoms with Gasteiger partial charge < -0.3 is 18.9 Å².